The van der Waals surface area contributed by atoms with E-state index in [2.05, 4.69) is 45.7 Å². The van der Waals surface area contributed by atoms with Gasteiger partial charge in [-0.2, -0.15) is 0 Å². The van der Waals surface area contributed by atoms with Crippen LogP contribution in [0.2, 0.25) is 0 Å². The highest BCUT2D eigenvalue weighted by molar-refractivity contribution is 5.86. The lowest BCUT2D eigenvalue weighted by Gasteiger charge is -2.24. The molecule has 4 unspecified atom stereocenters. The molecule has 6 N–H and O–H groups in total. The van der Waals surface area contributed by atoms with Gasteiger partial charge in [-0.3, -0.25) is 28.8 Å². The van der Waals surface area contributed by atoms with Gasteiger partial charge in [-0.15, -0.1) is 0 Å². The number of ether oxygens (including phenoxy) is 2. The first-order chi connectivity index (χ1) is 39.0. The first kappa shape index (κ1) is 80.1. The summed E-state index contributed by atoms with van der Waals surface area (Å²) in [6, 6.07) is -1.99. The largest absolute Gasteiger partial charge is 0.458 e. The van der Waals surface area contributed by atoms with E-state index in [9.17, 15) is 38.4 Å². The Balaban J connectivity index is 0. The maximum atomic E-state index is 12.7. The van der Waals surface area contributed by atoms with Gasteiger partial charge in [0.2, 0.25) is 23.6 Å². The van der Waals surface area contributed by atoms with Crippen molar-refractivity contribution in [2.75, 3.05) is 27.2 Å². The number of hydrogen-bond donors (Lipinski definition) is 6. The molecule has 0 aromatic heterocycles. The van der Waals surface area contributed by atoms with E-state index in [1.54, 1.807) is 69.5 Å². The van der Waals surface area contributed by atoms with Gasteiger partial charge in [0.05, 0.1) is 12.1 Å². The van der Waals surface area contributed by atoms with E-state index in [0.29, 0.717) is 25.9 Å². The molecule has 0 aromatic rings. The molecule has 82 heavy (non-hydrogen) atoms. The highest BCUT2D eigenvalue weighted by Crippen LogP contribution is 2.17. The predicted octanol–water partition coefficient (Wildman–Crippen LogP) is 13.1. The second kappa shape index (κ2) is 52.6. The molecule has 16 nitrogen and oxygen atoms in total. The van der Waals surface area contributed by atoms with Gasteiger partial charge in [-0.05, 0) is 134 Å². The lowest BCUT2D eigenvalue weighted by atomic mass is 10.0. The highest BCUT2D eigenvalue weighted by atomic mass is 16.6. The van der Waals surface area contributed by atoms with E-state index < -0.39 is 35.2 Å². The minimum atomic E-state index is -0.846. The number of ketones is 2. The second-order valence-corrected chi connectivity index (χ2v) is 25.0. The van der Waals surface area contributed by atoms with Crippen molar-refractivity contribution in [3.05, 3.63) is 0 Å². The molecule has 0 radical (unpaired) electrons. The number of hydrogen-bond acceptors (Lipinski definition) is 12. The number of carbonyl (C=O) groups is 8. The van der Waals surface area contributed by atoms with Crippen molar-refractivity contribution >= 4 is 47.1 Å². The number of esters is 2. The predicted molar refractivity (Wildman–Crippen MR) is 335 cm³/mol. The van der Waals surface area contributed by atoms with Crippen molar-refractivity contribution < 1.29 is 47.8 Å². The zero-order valence-corrected chi connectivity index (χ0v) is 54.7. The van der Waals surface area contributed by atoms with E-state index >= 15 is 0 Å². The maximum absolute atomic E-state index is 12.7. The summed E-state index contributed by atoms with van der Waals surface area (Å²) in [7, 11) is 3.54. The number of Topliss-reactive ketones (excluding diaryl/α,β-unsaturated/α-hetero) is 2. The molecule has 0 aromatic carbocycles. The topological polar surface area (TPSA) is 227 Å². The Morgan fingerprint density at radius 3 is 0.841 bits per heavy atom. The normalized spacial score (nSPS) is 12.9. The molecular weight excluding hydrogens is 1040 g/mol. The third kappa shape index (κ3) is 52.9. The molecule has 0 aliphatic rings. The number of nitrogens with one attached hydrogen (secondary N) is 6. The fourth-order valence-electron chi connectivity index (χ4n) is 9.62. The van der Waals surface area contributed by atoms with Crippen LogP contribution in [-0.2, 0) is 47.8 Å². The van der Waals surface area contributed by atoms with Crippen LogP contribution in [0.3, 0.4) is 0 Å². The van der Waals surface area contributed by atoms with Crippen LogP contribution in [0.4, 0.5) is 0 Å². The molecule has 16 heteroatoms. The SMILES string of the molecule is CCCCCCCCCCCCCCCC(=O)NC(CCC(=O)NCCCCC(NC)C(C)=O)C(=O)OC(C)(C)C.CCCCCCCCCCCCCCCC(=O)NC(CCC(=O)NCCCCC(NC)C(C)=O)C(=O)OC(C)(C)C. The Hall–Kier alpha value is -3.92. The van der Waals surface area contributed by atoms with Gasteiger partial charge in [0, 0.05) is 38.8 Å². The van der Waals surface area contributed by atoms with E-state index in [0.717, 1.165) is 77.0 Å². The molecular formula is C66H126N6O10. The smallest absolute Gasteiger partial charge is 0.329 e. The number of rotatable bonds is 52. The molecule has 4 atom stereocenters. The van der Waals surface area contributed by atoms with Gasteiger partial charge >= 0.3 is 11.9 Å². The molecule has 0 saturated carbocycles. The summed E-state index contributed by atoms with van der Waals surface area (Å²) in [5.41, 5.74) is -1.36. The zero-order chi connectivity index (χ0) is 61.9. The second-order valence-electron chi connectivity index (χ2n) is 25.0. The quantitative estimate of drug-likeness (QED) is 0.0247. The monoisotopic (exact) mass is 1160 g/mol. The fourth-order valence-corrected chi connectivity index (χ4v) is 9.62. The minimum Gasteiger partial charge on any atom is -0.458 e. The summed E-state index contributed by atoms with van der Waals surface area (Å²) in [5.74, 6) is -1.47. The lowest BCUT2D eigenvalue weighted by molar-refractivity contribution is -0.159. The molecule has 0 spiro atoms. The Labute approximate surface area is 500 Å². The average molecular weight is 1160 g/mol. The van der Waals surface area contributed by atoms with Crippen molar-refractivity contribution in [2.24, 2.45) is 0 Å². The third-order valence-corrected chi connectivity index (χ3v) is 14.5. The zero-order valence-electron chi connectivity index (χ0n) is 54.7. The van der Waals surface area contributed by atoms with Gasteiger partial charge < -0.3 is 41.4 Å². The van der Waals surface area contributed by atoms with Crippen molar-refractivity contribution in [2.45, 2.75) is 349 Å². The molecule has 0 saturated heterocycles. The van der Waals surface area contributed by atoms with E-state index in [-0.39, 0.29) is 73.0 Å². The summed E-state index contributed by atoms with van der Waals surface area (Å²) < 4.78 is 11.0. The number of amides is 4. The number of likely N-dealkylation sites (N-methyl/N-ethyl adjacent to an activating group) is 2. The van der Waals surface area contributed by atoms with Crippen LogP contribution in [0.5, 0.6) is 0 Å². The van der Waals surface area contributed by atoms with Crippen LogP contribution in [0, 0.1) is 0 Å². The van der Waals surface area contributed by atoms with Crippen LogP contribution in [0.25, 0.3) is 0 Å². The maximum Gasteiger partial charge on any atom is 0.329 e. The summed E-state index contributed by atoms with van der Waals surface area (Å²) in [4.78, 5) is 98.4. The Bertz CT molecular complexity index is 1560. The first-order valence-corrected chi connectivity index (χ1v) is 32.9. The first-order valence-electron chi connectivity index (χ1n) is 32.9. The molecule has 0 heterocycles. The molecule has 0 fully saturated rings. The third-order valence-electron chi connectivity index (χ3n) is 14.5. The number of carbonyl (C=O) groups excluding carboxylic acids is 8. The van der Waals surface area contributed by atoms with Crippen LogP contribution in [-0.4, -0.2) is 110 Å². The van der Waals surface area contributed by atoms with Crippen LogP contribution in [0.15, 0.2) is 0 Å². The fraction of sp³-hybridized carbons (Fsp3) is 0.879. The lowest BCUT2D eigenvalue weighted by Crippen LogP contribution is -2.44. The van der Waals surface area contributed by atoms with Crippen molar-refractivity contribution in [1.82, 2.24) is 31.9 Å². The van der Waals surface area contributed by atoms with E-state index in [1.165, 1.54) is 128 Å². The van der Waals surface area contributed by atoms with Gasteiger partial charge in [0.1, 0.15) is 34.9 Å². The summed E-state index contributed by atoms with van der Waals surface area (Å²) in [6.07, 6.45) is 38.3. The standard InChI is InChI=1S/2C33H63N3O5/c2*1-7-8-9-10-11-12-13-14-15-16-17-18-19-23-31(39)36-29(32(40)41-33(3,4)5)24-25-30(38)35-26-21-20-22-28(34-6)27(2)37/h2*28-29,34H,7-26H2,1-6H3,(H,35,38)(H,36,39). The molecule has 0 rings (SSSR count). The Morgan fingerprint density at radius 1 is 0.329 bits per heavy atom. The molecule has 480 valence electrons. The minimum absolute atomic E-state index is 0.112. The Morgan fingerprint density at radius 2 is 0.598 bits per heavy atom. The van der Waals surface area contributed by atoms with Crippen LogP contribution in [0.1, 0.15) is 313 Å². The molecule has 0 aliphatic carbocycles. The van der Waals surface area contributed by atoms with Gasteiger partial charge in [0.25, 0.3) is 0 Å². The van der Waals surface area contributed by atoms with Crippen LogP contribution < -0.4 is 31.9 Å². The summed E-state index contributed by atoms with van der Waals surface area (Å²) >= 11 is 0. The summed E-state index contributed by atoms with van der Waals surface area (Å²) in [6.45, 7) is 19.4. The van der Waals surface area contributed by atoms with Gasteiger partial charge in [0.15, 0.2) is 0 Å². The van der Waals surface area contributed by atoms with Crippen molar-refractivity contribution in [1.29, 1.82) is 0 Å². The van der Waals surface area contributed by atoms with E-state index in [1.807, 2.05) is 0 Å². The Kier molecular flexibility index (Phi) is 51.4. The van der Waals surface area contributed by atoms with Crippen molar-refractivity contribution in [3.8, 4) is 0 Å². The van der Waals surface area contributed by atoms with Gasteiger partial charge in [-0.1, -0.05) is 168 Å². The molecule has 0 aliphatic heterocycles. The number of unbranched alkanes of at least 4 members (excludes halogenated alkanes) is 26. The van der Waals surface area contributed by atoms with E-state index in [4.69, 9.17) is 9.47 Å². The van der Waals surface area contributed by atoms with Gasteiger partial charge in [-0.25, -0.2) is 9.59 Å². The average Bonchev–Trinajstić information content (AvgIpc) is 3.41. The molecule has 4 amide bonds. The molecule has 0 bridgehead atoms. The summed E-state index contributed by atoms with van der Waals surface area (Å²) in [5, 5.41) is 17.4. The van der Waals surface area contributed by atoms with Crippen molar-refractivity contribution in [3.63, 3.8) is 0 Å². The van der Waals surface area contributed by atoms with Crippen LogP contribution >= 0.6 is 0 Å². The highest BCUT2D eigenvalue weighted by Gasteiger charge is 2.29.